The number of carbonyl (C=O) groups is 1. The fourth-order valence-corrected chi connectivity index (χ4v) is 12.4. The first-order chi connectivity index (χ1) is 28.4. The second kappa shape index (κ2) is 25.1. The summed E-state index contributed by atoms with van der Waals surface area (Å²) in [6, 6.07) is -1.61. The minimum Gasteiger partial charge on any atom is -0.862 e. The van der Waals surface area contributed by atoms with Gasteiger partial charge in [0.1, 0.15) is 65.7 Å². The number of aliphatic imine (C=N–C) groups is 1. The van der Waals surface area contributed by atoms with Crippen LogP contribution < -0.4 is 34.7 Å². The zero-order valence-corrected chi connectivity index (χ0v) is 39.4. The van der Waals surface area contributed by atoms with Gasteiger partial charge in [-0.1, -0.05) is 67.9 Å². The molecule has 61 heavy (non-hydrogen) atoms. The Morgan fingerprint density at radius 1 is 0.918 bits per heavy atom. The summed E-state index contributed by atoms with van der Waals surface area (Å²) in [6.45, 7) is 1.96. The molecule has 0 spiro atoms. The molecule has 4 heterocycles. The molecule has 3 fully saturated rings. The molecule has 0 aliphatic carbocycles. The summed E-state index contributed by atoms with van der Waals surface area (Å²) >= 11 is 2.84. The van der Waals surface area contributed by atoms with Gasteiger partial charge in [0.25, 0.3) is 0 Å². The third-order valence-corrected chi connectivity index (χ3v) is 15.8. The van der Waals surface area contributed by atoms with Crippen LogP contribution in [-0.2, 0) is 23.7 Å². The molecule has 0 aromatic heterocycles. The van der Waals surface area contributed by atoms with Crippen molar-refractivity contribution in [2.45, 2.75) is 160 Å². The predicted octanol–water partition coefficient (Wildman–Crippen LogP) is -5.35. The van der Waals surface area contributed by atoms with Gasteiger partial charge in [-0.25, -0.2) is 4.79 Å². The van der Waals surface area contributed by atoms with Gasteiger partial charge in [-0.05, 0) is 26.2 Å². The molecule has 0 amide bonds. The molecule has 4 rings (SSSR count). The molecule has 20 nitrogen and oxygen atoms in total. The average molecular weight is 960 g/mol. The topological polar surface area (TPSA) is 352 Å². The molecule has 17 atom stereocenters. The van der Waals surface area contributed by atoms with E-state index in [1.807, 2.05) is 0 Å². The number of thioether (sulfide) groups is 4. The number of rotatable bonds is 20. The number of carboxylic acids is 1. The molecule has 0 aromatic carbocycles. The van der Waals surface area contributed by atoms with Crippen LogP contribution in [0, 0.1) is 0 Å². The number of aliphatic carboxylic acids is 1. The quantitative estimate of drug-likeness (QED) is 0.0234. The molecular weight excluding hydrogens is 902 g/mol. The van der Waals surface area contributed by atoms with Crippen LogP contribution >= 0.6 is 47.0 Å². The number of hydrogen-bond acceptors (Lipinski definition) is 23. The van der Waals surface area contributed by atoms with Gasteiger partial charge in [-0.2, -0.15) is 0 Å². The Kier molecular flexibility index (Phi) is 22.7. The molecule has 13 N–H and O–H groups in total. The number of unbranched alkanes of at least 4 members (excludes halogenated alkanes) is 4. The molecule has 0 bridgehead atoms. The minimum absolute atomic E-state index is 0. The second-order valence-electron chi connectivity index (χ2n) is 14.9. The van der Waals surface area contributed by atoms with Crippen LogP contribution in [0.25, 0.3) is 0 Å². The van der Waals surface area contributed by atoms with Gasteiger partial charge in [0, 0.05) is 17.1 Å². The minimum atomic E-state index is -2.63. The summed E-state index contributed by atoms with van der Waals surface area (Å²) in [5.41, 5.74) is -2.85. The number of nitrogens with zero attached hydrogens (tertiary/aromatic N) is 1. The summed E-state index contributed by atoms with van der Waals surface area (Å²) in [7, 11) is 0. The van der Waals surface area contributed by atoms with Gasteiger partial charge in [-0.3, -0.25) is 4.99 Å². The maximum absolute atomic E-state index is 13.1. The summed E-state index contributed by atoms with van der Waals surface area (Å²) < 4.78 is 23.6. The van der Waals surface area contributed by atoms with Gasteiger partial charge in [0.2, 0.25) is 4.93 Å². The molecule has 0 unspecified atom stereocenters. The fraction of sp³-hybridized carbons (Fsp3) is 0.833. The SMILES string of the molecule is CCCCCCCSC1=C(O)C(S[C@@H]2O[C@@H](C)[C@@H](O)[C@@H](O)[C@@H]2O)=C(S[C@@H]2O[C@H](CO)[C@H](O)[C@H](S[C@]3(C(=O)O)C[C@H](O)[C@@H](N=C(C)[O-])[C@H]([C@H](O)[C@H](O)CO)O3)[C@H]2O)[C@@H](CO)O1.[Na+]. The number of hydrogen-bond donors (Lipinski definition) is 13. The molecule has 0 saturated carbocycles. The zero-order valence-electron chi connectivity index (χ0n) is 34.2. The monoisotopic (exact) mass is 959 g/mol. The van der Waals surface area contributed by atoms with E-state index in [2.05, 4.69) is 11.9 Å². The Hall–Kier alpha value is -0.140. The maximum Gasteiger partial charge on any atom is 1.00 e. The standard InChI is InChI=1S/C36H59NO19S4.Na/c1-4-5-6-7-8-9-57-32-27(50)31(59-33-25(48)24(47)21(44)14(2)53-33)29(19(13-40)55-32)58-34-26(49)30(23(46)18(12-39)54-34)60-36(35(51)52)10-16(42)20(37-15(3)41)28(56-36)22(45)17(43)11-38;/h14,16-26,28,30,33-34,38-40,42-50H,4-13H2,1-3H3,(H,37,41)(H,51,52);/q;+1/p-1/t14-,16-,17+,18+,19+,20+,21+,22+,23-,24+,25-,26+,28+,30-,33-,34-,36-;/m0./s1. The van der Waals surface area contributed by atoms with Crippen molar-refractivity contribution in [1.82, 2.24) is 0 Å². The molecule has 0 radical (unpaired) electrons. The van der Waals surface area contributed by atoms with Crippen molar-refractivity contribution >= 4 is 58.9 Å². The van der Waals surface area contributed by atoms with E-state index in [9.17, 15) is 76.3 Å². The van der Waals surface area contributed by atoms with Gasteiger partial charge in [0.15, 0.2) is 17.0 Å². The van der Waals surface area contributed by atoms with Crippen LogP contribution in [-0.4, -0.2) is 204 Å². The van der Waals surface area contributed by atoms with Crippen LogP contribution in [0.15, 0.2) is 25.7 Å². The fourth-order valence-electron chi connectivity index (χ4n) is 6.98. The Bertz CT molecular complexity index is 1520. The van der Waals surface area contributed by atoms with Gasteiger partial charge in [0.05, 0.1) is 48.3 Å². The van der Waals surface area contributed by atoms with E-state index in [4.69, 9.17) is 18.9 Å². The predicted molar refractivity (Wildman–Crippen MR) is 218 cm³/mol. The summed E-state index contributed by atoms with van der Waals surface area (Å²) in [4.78, 5) is 14.1. The van der Waals surface area contributed by atoms with Crippen molar-refractivity contribution in [2.24, 2.45) is 4.99 Å². The Labute approximate surface area is 392 Å². The number of aliphatic hydroxyl groups excluding tert-OH is 12. The van der Waals surface area contributed by atoms with E-state index in [1.54, 1.807) is 0 Å². The summed E-state index contributed by atoms with van der Waals surface area (Å²) in [5.74, 6) is -2.54. The van der Waals surface area contributed by atoms with Crippen molar-refractivity contribution in [3.8, 4) is 0 Å². The van der Waals surface area contributed by atoms with Crippen LogP contribution in [0.4, 0.5) is 0 Å². The van der Waals surface area contributed by atoms with E-state index in [0.29, 0.717) is 17.5 Å². The molecule has 4 aliphatic rings. The van der Waals surface area contributed by atoms with Crippen LogP contribution in [0.5, 0.6) is 0 Å². The van der Waals surface area contributed by atoms with E-state index in [0.717, 1.165) is 50.8 Å². The third-order valence-electron chi connectivity index (χ3n) is 10.4. The summed E-state index contributed by atoms with van der Waals surface area (Å²) in [5, 5.41) is 150. The average Bonchev–Trinajstić information content (AvgIpc) is 3.21. The molecule has 346 valence electrons. The largest absolute Gasteiger partial charge is 1.00 e. The van der Waals surface area contributed by atoms with Crippen molar-refractivity contribution < 1.29 is 125 Å². The van der Waals surface area contributed by atoms with Gasteiger partial charge in [-0.15, -0.1) is 11.8 Å². The van der Waals surface area contributed by atoms with Crippen LogP contribution in [0.3, 0.4) is 0 Å². The Morgan fingerprint density at radius 2 is 1.57 bits per heavy atom. The van der Waals surface area contributed by atoms with E-state index >= 15 is 0 Å². The first kappa shape index (κ1) is 55.2. The zero-order chi connectivity index (χ0) is 44.6. The first-order valence-electron chi connectivity index (χ1n) is 19.5. The molecular formula is C36H58NNaO19S4. The van der Waals surface area contributed by atoms with Crippen LogP contribution in [0.1, 0.15) is 59.3 Å². The van der Waals surface area contributed by atoms with Crippen molar-refractivity contribution in [2.75, 3.05) is 25.6 Å². The Morgan fingerprint density at radius 3 is 2.16 bits per heavy atom. The van der Waals surface area contributed by atoms with Crippen molar-refractivity contribution in [3.05, 3.63) is 20.7 Å². The number of ether oxygens (including phenoxy) is 4. The normalized spacial score (nSPS) is 38.4. The van der Waals surface area contributed by atoms with Gasteiger partial charge >= 0.3 is 35.5 Å². The second-order valence-corrected chi connectivity index (χ2v) is 19.6. The molecule has 3 saturated heterocycles. The molecule has 0 aromatic rings. The summed E-state index contributed by atoms with van der Waals surface area (Å²) in [6.07, 6.45) is -16.0. The smallest absolute Gasteiger partial charge is 0.862 e. The molecule has 25 heteroatoms. The number of carboxylic acid groups (broad SMARTS) is 1. The van der Waals surface area contributed by atoms with E-state index < -0.39 is 144 Å². The first-order valence-corrected chi connectivity index (χ1v) is 23.2. The van der Waals surface area contributed by atoms with Crippen LogP contribution in [0.2, 0.25) is 0 Å². The molecule has 4 aliphatic heterocycles. The Balaban J connectivity index is 0.00000992. The maximum atomic E-state index is 13.1. The number of aliphatic hydroxyl groups is 12. The van der Waals surface area contributed by atoms with Crippen molar-refractivity contribution in [1.29, 1.82) is 0 Å². The van der Waals surface area contributed by atoms with E-state index in [1.165, 1.54) is 18.7 Å². The van der Waals surface area contributed by atoms with E-state index in [-0.39, 0.29) is 56.2 Å². The third kappa shape index (κ3) is 13.3. The van der Waals surface area contributed by atoms with Gasteiger partial charge < -0.3 is 90.4 Å². The van der Waals surface area contributed by atoms with Crippen molar-refractivity contribution in [3.63, 3.8) is 0 Å².